The van der Waals surface area contributed by atoms with Crippen molar-refractivity contribution in [2.45, 2.75) is 32.7 Å². The molecule has 0 bridgehead atoms. The lowest BCUT2D eigenvalue weighted by Gasteiger charge is -2.24. The van der Waals surface area contributed by atoms with E-state index in [9.17, 15) is 4.79 Å². The molecule has 2 atom stereocenters. The first kappa shape index (κ1) is 16.0. The van der Waals surface area contributed by atoms with Crippen LogP contribution in [0.25, 0.3) is 0 Å². The summed E-state index contributed by atoms with van der Waals surface area (Å²) in [6, 6.07) is 0.0214. The maximum absolute atomic E-state index is 12.1. The average molecular weight is 287 g/mol. The second-order valence-corrected chi connectivity index (χ2v) is 5.08. The highest BCUT2D eigenvalue weighted by Crippen LogP contribution is 2.18. The van der Waals surface area contributed by atoms with Crippen LogP contribution in [0.15, 0.2) is 6.20 Å². The fraction of sp³-hybridized carbons (Fsp3) is 0.692. The summed E-state index contributed by atoms with van der Waals surface area (Å²) >= 11 is 0. The van der Waals surface area contributed by atoms with E-state index in [0.717, 1.165) is 37.2 Å². The summed E-state index contributed by atoms with van der Waals surface area (Å²) in [6.45, 7) is 5.86. The maximum Gasteiger partial charge on any atom is 0.224 e. The number of carbonyl (C=O) groups is 1. The van der Waals surface area contributed by atoms with Gasteiger partial charge in [-0.3, -0.25) is 9.48 Å². The Morgan fingerprint density at radius 3 is 2.89 bits per heavy atom. The molecule has 2 heterocycles. The van der Waals surface area contributed by atoms with Crippen LogP contribution in [0.5, 0.6) is 0 Å². The van der Waals surface area contributed by atoms with Gasteiger partial charge in [-0.15, -0.1) is 12.4 Å². The monoisotopic (exact) mass is 286 g/mol. The van der Waals surface area contributed by atoms with Gasteiger partial charge in [0.05, 0.1) is 18.2 Å². The molecular formula is C13H23ClN4O. The van der Waals surface area contributed by atoms with E-state index in [1.807, 2.05) is 31.8 Å². The molecule has 2 unspecified atom stereocenters. The molecule has 1 aliphatic heterocycles. The molecule has 108 valence electrons. The summed E-state index contributed by atoms with van der Waals surface area (Å²) in [5.41, 5.74) is 2.19. The minimum absolute atomic E-state index is 0. The van der Waals surface area contributed by atoms with Crippen LogP contribution in [-0.2, 0) is 11.8 Å². The predicted octanol–water partition coefficient (Wildman–Crippen LogP) is 1.33. The van der Waals surface area contributed by atoms with E-state index >= 15 is 0 Å². The summed E-state index contributed by atoms with van der Waals surface area (Å²) < 4.78 is 1.83. The first-order valence-corrected chi connectivity index (χ1v) is 6.59. The average Bonchev–Trinajstić information content (AvgIpc) is 2.71. The van der Waals surface area contributed by atoms with Crippen LogP contribution in [0.2, 0.25) is 0 Å². The minimum atomic E-state index is 0. The van der Waals surface area contributed by atoms with Crippen molar-refractivity contribution in [3.05, 3.63) is 17.5 Å². The van der Waals surface area contributed by atoms with Crippen LogP contribution >= 0.6 is 12.4 Å². The zero-order chi connectivity index (χ0) is 13.1. The standard InChI is InChI=1S/C13H22N4O.ClH/c1-9(12-8-15-17(3)10(12)2)16-13(18)11-5-4-6-14-7-11;/h8-9,11,14H,4-7H2,1-3H3,(H,16,18);1H. The van der Waals surface area contributed by atoms with Crippen LogP contribution < -0.4 is 10.6 Å². The molecule has 2 rings (SSSR count). The molecule has 0 aliphatic carbocycles. The topological polar surface area (TPSA) is 59.0 Å². The lowest BCUT2D eigenvalue weighted by atomic mass is 9.98. The number of hydrogen-bond donors (Lipinski definition) is 2. The molecule has 1 fully saturated rings. The van der Waals surface area contributed by atoms with E-state index < -0.39 is 0 Å². The van der Waals surface area contributed by atoms with Gasteiger partial charge in [0, 0.05) is 24.8 Å². The number of nitrogens with one attached hydrogen (secondary N) is 2. The van der Waals surface area contributed by atoms with Gasteiger partial charge in [0.1, 0.15) is 0 Å². The number of amides is 1. The molecule has 6 heteroatoms. The Balaban J connectivity index is 0.00000180. The quantitative estimate of drug-likeness (QED) is 0.881. The Labute approximate surface area is 120 Å². The lowest BCUT2D eigenvalue weighted by Crippen LogP contribution is -2.41. The van der Waals surface area contributed by atoms with E-state index in [-0.39, 0.29) is 30.3 Å². The predicted molar refractivity (Wildman–Crippen MR) is 77.3 cm³/mol. The fourth-order valence-electron chi connectivity index (χ4n) is 2.43. The normalized spacial score (nSPS) is 20.5. The van der Waals surface area contributed by atoms with Crippen LogP contribution in [0.1, 0.15) is 37.1 Å². The van der Waals surface area contributed by atoms with Crippen LogP contribution in [0.4, 0.5) is 0 Å². The molecule has 0 saturated carbocycles. The van der Waals surface area contributed by atoms with Crippen molar-refractivity contribution < 1.29 is 4.79 Å². The van der Waals surface area contributed by atoms with Crippen molar-refractivity contribution in [2.75, 3.05) is 13.1 Å². The molecule has 1 aromatic heterocycles. The molecule has 1 aromatic rings. The van der Waals surface area contributed by atoms with E-state index in [0.29, 0.717) is 0 Å². The van der Waals surface area contributed by atoms with Crippen molar-refractivity contribution in [1.82, 2.24) is 20.4 Å². The van der Waals surface area contributed by atoms with Crippen molar-refractivity contribution in [3.8, 4) is 0 Å². The van der Waals surface area contributed by atoms with E-state index in [2.05, 4.69) is 15.7 Å². The highest BCUT2D eigenvalue weighted by Gasteiger charge is 2.23. The number of hydrogen-bond acceptors (Lipinski definition) is 3. The fourth-order valence-corrected chi connectivity index (χ4v) is 2.43. The number of piperidine rings is 1. The van der Waals surface area contributed by atoms with Gasteiger partial charge in [-0.25, -0.2) is 0 Å². The van der Waals surface area contributed by atoms with Crippen molar-refractivity contribution >= 4 is 18.3 Å². The molecule has 0 aromatic carbocycles. The second-order valence-electron chi connectivity index (χ2n) is 5.08. The number of aromatic nitrogens is 2. The molecule has 19 heavy (non-hydrogen) atoms. The van der Waals surface area contributed by atoms with Crippen LogP contribution in [0.3, 0.4) is 0 Å². The van der Waals surface area contributed by atoms with Gasteiger partial charge in [-0.05, 0) is 33.2 Å². The Hall–Kier alpha value is -1.07. The number of rotatable bonds is 3. The molecule has 1 amide bonds. The number of nitrogens with zero attached hydrogens (tertiary/aromatic N) is 2. The molecule has 5 nitrogen and oxygen atoms in total. The van der Waals surface area contributed by atoms with Crippen molar-refractivity contribution in [3.63, 3.8) is 0 Å². The minimum Gasteiger partial charge on any atom is -0.349 e. The molecule has 0 spiro atoms. The second kappa shape index (κ2) is 6.91. The van der Waals surface area contributed by atoms with Crippen LogP contribution in [0, 0.1) is 12.8 Å². The van der Waals surface area contributed by atoms with Crippen LogP contribution in [-0.4, -0.2) is 28.8 Å². The van der Waals surface area contributed by atoms with E-state index in [1.165, 1.54) is 0 Å². The van der Waals surface area contributed by atoms with E-state index in [4.69, 9.17) is 0 Å². The first-order valence-electron chi connectivity index (χ1n) is 6.59. The molecular weight excluding hydrogens is 264 g/mol. The highest BCUT2D eigenvalue weighted by molar-refractivity contribution is 5.85. The van der Waals surface area contributed by atoms with Gasteiger partial charge in [0.25, 0.3) is 0 Å². The SMILES string of the molecule is Cc1c(C(C)NC(=O)C2CCCNC2)cnn1C.Cl. The third-order valence-electron chi connectivity index (χ3n) is 3.77. The summed E-state index contributed by atoms with van der Waals surface area (Å²) in [7, 11) is 1.92. The zero-order valence-corrected chi connectivity index (χ0v) is 12.6. The van der Waals surface area contributed by atoms with Gasteiger partial charge in [0.2, 0.25) is 5.91 Å². The Morgan fingerprint density at radius 2 is 2.37 bits per heavy atom. The third kappa shape index (κ3) is 3.70. The van der Waals surface area contributed by atoms with Crippen molar-refractivity contribution in [2.24, 2.45) is 13.0 Å². The summed E-state index contributed by atoms with van der Waals surface area (Å²) in [4.78, 5) is 12.1. The third-order valence-corrected chi connectivity index (χ3v) is 3.77. The number of halogens is 1. The number of carbonyl (C=O) groups excluding carboxylic acids is 1. The Bertz CT molecular complexity index is 426. The zero-order valence-electron chi connectivity index (χ0n) is 11.8. The molecule has 1 saturated heterocycles. The smallest absolute Gasteiger partial charge is 0.224 e. The molecule has 2 N–H and O–H groups in total. The van der Waals surface area contributed by atoms with Gasteiger partial charge < -0.3 is 10.6 Å². The highest BCUT2D eigenvalue weighted by atomic mass is 35.5. The first-order chi connectivity index (χ1) is 8.59. The largest absolute Gasteiger partial charge is 0.349 e. The van der Waals surface area contributed by atoms with Gasteiger partial charge >= 0.3 is 0 Å². The molecule has 0 radical (unpaired) electrons. The Kier molecular flexibility index (Phi) is 5.82. The maximum atomic E-state index is 12.1. The lowest BCUT2D eigenvalue weighted by molar-refractivity contribution is -0.126. The van der Waals surface area contributed by atoms with E-state index in [1.54, 1.807) is 0 Å². The number of aryl methyl sites for hydroxylation is 1. The molecule has 1 aliphatic rings. The Morgan fingerprint density at radius 1 is 1.63 bits per heavy atom. The summed E-state index contributed by atoms with van der Waals surface area (Å²) in [6.07, 6.45) is 3.90. The van der Waals surface area contributed by atoms with Gasteiger partial charge in [0.15, 0.2) is 0 Å². The summed E-state index contributed by atoms with van der Waals surface area (Å²) in [5.74, 6) is 0.260. The van der Waals surface area contributed by atoms with Gasteiger partial charge in [-0.1, -0.05) is 0 Å². The van der Waals surface area contributed by atoms with Gasteiger partial charge in [-0.2, -0.15) is 5.10 Å². The van der Waals surface area contributed by atoms with Crippen molar-refractivity contribution in [1.29, 1.82) is 0 Å². The summed E-state index contributed by atoms with van der Waals surface area (Å²) in [5, 5.41) is 10.6.